The molecule has 122 valence electrons. The quantitative estimate of drug-likeness (QED) is 0.356. The second-order valence-electron chi connectivity index (χ2n) is 4.05. The Labute approximate surface area is 151 Å². The van der Waals surface area contributed by atoms with Gasteiger partial charge < -0.3 is 20.6 Å². The van der Waals surface area contributed by atoms with E-state index in [-0.39, 0.29) is 45.1 Å². The van der Waals surface area contributed by atoms with Crippen LogP contribution in [0.2, 0.25) is 0 Å². The van der Waals surface area contributed by atoms with Gasteiger partial charge in [0, 0.05) is 11.4 Å². The summed E-state index contributed by atoms with van der Waals surface area (Å²) in [5.74, 6) is 0. The topological polar surface area (TPSA) is 166 Å². The normalized spacial score (nSPS) is 10.9. The van der Waals surface area contributed by atoms with E-state index in [4.69, 9.17) is 11.5 Å². The second kappa shape index (κ2) is 8.49. The van der Waals surface area contributed by atoms with Gasteiger partial charge in [0.15, 0.2) is 0 Å². The number of rotatable bonds is 2. The molecule has 0 spiro atoms. The van der Waals surface area contributed by atoms with Crippen molar-refractivity contribution in [3.05, 3.63) is 48.5 Å². The van der Waals surface area contributed by atoms with E-state index in [1.165, 1.54) is 36.4 Å². The van der Waals surface area contributed by atoms with Crippen molar-refractivity contribution in [2.75, 3.05) is 11.5 Å². The minimum atomic E-state index is -4.36. The Bertz CT molecular complexity index is 795. The summed E-state index contributed by atoms with van der Waals surface area (Å²) in [6.45, 7) is 0. The Balaban J connectivity index is 0.000000403. The summed E-state index contributed by atoms with van der Waals surface area (Å²) < 4.78 is 62.2. The van der Waals surface area contributed by atoms with Gasteiger partial charge in [-0.2, -0.15) is 0 Å². The van der Waals surface area contributed by atoms with E-state index in [0.717, 1.165) is 12.1 Å². The zero-order valence-electron chi connectivity index (χ0n) is 11.5. The van der Waals surface area contributed by atoms with Gasteiger partial charge in [0.25, 0.3) is 0 Å². The van der Waals surface area contributed by atoms with Crippen LogP contribution < -0.4 is 11.5 Å². The van der Waals surface area contributed by atoms with Gasteiger partial charge in [-0.25, -0.2) is 16.8 Å². The molecule has 0 bridgehead atoms. The van der Waals surface area contributed by atoms with Crippen LogP contribution >= 0.6 is 0 Å². The van der Waals surface area contributed by atoms with Crippen LogP contribution in [0.1, 0.15) is 0 Å². The monoisotopic (exact) mass is 464 g/mol. The maximum absolute atomic E-state index is 10.4. The first-order chi connectivity index (χ1) is 10.00. The Hall–Kier alpha value is -1.34. The molecule has 0 unspecified atom stereocenters. The minimum Gasteiger partial charge on any atom is -0.744 e. The van der Waals surface area contributed by atoms with Crippen molar-refractivity contribution in [3.63, 3.8) is 0 Å². The fraction of sp³-hybridized carbons (Fsp3) is 0. The molecule has 0 saturated heterocycles. The molecule has 0 aliphatic rings. The summed E-state index contributed by atoms with van der Waals surface area (Å²) in [6.07, 6.45) is 0. The fourth-order valence-electron chi connectivity index (χ4n) is 1.34. The molecule has 4 N–H and O–H groups in total. The molecule has 2 aromatic carbocycles. The zero-order valence-corrected chi connectivity index (χ0v) is 16.0. The molecular weight excluding hydrogens is 451 g/mol. The van der Waals surface area contributed by atoms with Crippen LogP contribution in [0.15, 0.2) is 58.3 Å². The third kappa shape index (κ3) is 7.65. The second-order valence-corrected chi connectivity index (χ2v) is 6.81. The van der Waals surface area contributed by atoms with Crippen LogP contribution in [0.4, 0.5) is 11.4 Å². The van der Waals surface area contributed by atoms with Crippen molar-refractivity contribution in [1.29, 1.82) is 0 Å². The first-order valence-corrected chi connectivity index (χ1v) is 8.44. The van der Waals surface area contributed by atoms with Crippen molar-refractivity contribution in [2.24, 2.45) is 0 Å². The molecule has 2 radical (unpaired) electrons. The molecule has 0 aliphatic heterocycles. The number of nitrogen functional groups attached to an aromatic ring is 2. The maximum atomic E-state index is 10.4. The summed E-state index contributed by atoms with van der Waals surface area (Å²) in [5.41, 5.74) is 11.0. The van der Waals surface area contributed by atoms with Crippen molar-refractivity contribution in [1.82, 2.24) is 0 Å². The number of hydrogen-bond acceptors (Lipinski definition) is 8. The molecule has 0 fully saturated rings. The van der Waals surface area contributed by atoms with Crippen LogP contribution in [-0.4, -0.2) is 49.8 Å². The van der Waals surface area contributed by atoms with Crippen LogP contribution in [0, 0.1) is 0 Å². The van der Waals surface area contributed by atoms with Crippen molar-refractivity contribution in [3.8, 4) is 0 Å². The molecule has 8 nitrogen and oxygen atoms in total. The van der Waals surface area contributed by atoms with E-state index in [9.17, 15) is 25.9 Å². The molecule has 0 aromatic heterocycles. The molecule has 11 heteroatoms. The van der Waals surface area contributed by atoms with Gasteiger partial charge in [0.05, 0.1) is 9.79 Å². The predicted octanol–water partition coefficient (Wildman–Crippen LogP) is -0.0350. The van der Waals surface area contributed by atoms with Crippen LogP contribution in [-0.2, 0) is 20.2 Å². The van der Waals surface area contributed by atoms with E-state index in [1.54, 1.807) is 0 Å². The summed E-state index contributed by atoms with van der Waals surface area (Å²) in [7, 11) is -8.71. The third-order valence-corrected chi connectivity index (χ3v) is 3.96. The first kappa shape index (κ1) is 21.7. The number of hydrogen-bond donors (Lipinski definition) is 2. The third-order valence-electron chi connectivity index (χ3n) is 2.29. The Morgan fingerprint density at radius 1 is 0.696 bits per heavy atom. The van der Waals surface area contributed by atoms with Gasteiger partial charge in [-0.05, 0) is 36.4 Å². The van der Waals surface area contributed by atoms with Crippen molar-refractivity contribution in [2.45, 2.75) is 9.79 Å². The van der Waals surface area contributed by atoms with E-state index in [2.05, 4.69) is 0 Å². The van der Waals surface area contributed by atoms with Crippen molar-refractivity contribution < 1.29 is 25.9 Å². The SMILES string of the molecule is Nc1cccc(S(=O)(=O)[O-])c1.Nc1cccc(S(=O)(=O)[O-])c1.[Sn+2]. The van der Waals surface area contributed by atoms with Gasteiger partial charge >= 0.3 is 23.9 Å². The molecule has 23 heavy (non-hydrogen) atoms. The van der Waals surface area contributed by atoms with Crippen LogP contribution in [0.5, 0.6) is 0 Å². The zero-order chi connectivity index (χ0) is 17.0. The van der Waals surface area contributed by atoms with Gasteiger partial charge in [0.1, 0.15) is 20.2 Å². The average Bonchev–Trinajstić information content (AvgIpc) is 2.37. The molecule has 0 saturated carbocycles. The first-order valence-electron chi connectivity index (χ1n) is 5.63. The number of nitrogens with two attached hydrogens (primary N) is 2. The van der Waals surface area contributed by atoms with Gasteiger partial charge in [-0.15, -0.1) is 0 Å². The molecule has 0 atom stereocenters. The van der Waals surface area contributed by atoms with Gasteiger partial charge in [0.2, 0.25) is 0 Å². The maximum Gasteiger partial charge on any atom is 2.00 e. The summed E-state index contributed by atoms with van der Waals surface area (Å²) in [4.78, 5) is -0.588. The minimum absolute atomic E-state index is 0. The predicted molar refractivity (Wildman–Crippen MR) is 83.4 cm³/mol. The van der Waals surface area contributed by atoms with Crippen LogP contribution in [0.25, 0.3) is 0 Å². The Morgan fingerprint density at radius 3 is 1.17 bits per heavy atom. The van der Waals surface area contributed by atoms with Gasteiger partial charge in [-0.3, -0.25) is 0 Å². The molecule has 0 aliphatic carbocycles. The molecule has 0 heterocycles. The Kier molecular flexibility index (Phi) is 8.00. The van der Waals surface area contributed by atoms with E-state index >= 15 is 0 Å². The smallest absolute Gasteiger partial charge is 0.744 e. The summed E-state index contributed by atoms with van der Waals surface area (Å²) >= 11 is 0. The van der Waals surface area contributed by atoms with E-state index < -0.39 is 20.2 Å². The molecular formula is C12H12N2O6S2Sn. The van der Waals surface area contributed by atoms with Crippen molar-refractivity contribution >= 4 is 55.5 Å². The molecule has 2 aromatic rings. The summed E-state index contributed by atoms with van der Waals surface area (Å²) in [5, 5.41) is 0. The standard InChI is InChI=1S/2C6H7NO3S.Sn/c2*7-5-2-1-3-6(4-5)11(8,9)10;/h2*1-4H,7H2,(H,8,9,10);/q;;+2/p-2. The Morgan fingerprint density at radius 2 is 1.00 bits per heavy atom. The largest absolute Gasteiger partial charge is 2.00 e. The number of benzene rings is 2. The van der Waals surface area contributed by atoms with E-state index in [0.29, 0.717) is 0 Å². The van der Waals surface area contributed by atoms with Crippen LogP contribution in [0.3, 0.4) is 0 Å². The fourth-order valence-corrected chi connectivity index (χ4v) is 2.39. The van der Waals surface area contributed by atoms with Gasteiger partial charge in [-0.1, -0.05) is 12.1 Å². The molecule has 0 amide bonds. The number of anilines is 2. The molecule has 2 rings (SSSR count). The van der Waals surface area contributed by atoms with E-state index in [1.807, 2.05) is 0 Å². The average molecular weight is 463 g/mol. The summed E-state index contributed by atoms with van der Waals surface area (Å²) in [6, 6.07) is 10.5.